The lowest BCUT2D eigenvalue weighted by Crippen LogP contribution is -2.20. The quantitative estimate of drug-likeness (QED) is 0.508. The average molecular weight is 320 g/mol. The summed E-state index contributed by atoms with van der Waals surface area (Å²) in [5.74, 6) is -0.0984. The van der Waals surface area contributed by atoms with E-state index < -0.39 is 0 Å². The van der Waals surface area contributed by atoms with Gasteiger partial charge in [-0.2, -0.15) is 0 Å². The highest BCUT2D eigenvalue weighted by Crippen LogP contribution is 2.35. The Morgan fingerprint density at radius 3 is 2.33 bits per heavy atom. The van der Waals surface area contributed by atoms with E-state index in [0.717, 1.165) is 12.0 Å². The highest BCUT2D eigenvalue weighted by Gasteiger charge is 2.23. The standard InChI is InChI=1S/C12H17IO2/c1-8(13)7-12(2,3)9-4-5-10(14)11(15)6-9/h4-6,8,14-15H,7H2,1-3H3. The Morgan fingerprint density at radius 2 is 1.87 bits per heavy atom. The lowest BCUT2D eigenvalue weighted by molar-refractivity contribution is 0.399. The largest absolute Gasteiger partial charge is 0.504 e. The first-order valence-corrected chi connectivity index (χ1v) is 6.24. The van der Waals surface area contributed by atoms with Crippen molar-refractivity contribution in [3.05, 3.63) is 23.8 Å². The molecule has 0 saturated carbocycles. The summed E-state index contributed by atoms with van der Waals surface area (Å²) in [7, 11) is 0. The van der Waals surface area contributed by atoms with E-state index >= 15 is 0 Å². The maximum absolute atomic E-state index is 9.45. The van der Waals surface area contributed by atoms with Gasteiger partial charge in [-0.1, -0.05) is 49.4 Å². The maximum atomic E-state index is 9.45. The third kappa shape index (κ3) is 3.26. The van der Waals surface area contributed by atoms with Crippen LogP contribution in [0.5, 0.6) is 11.5 Å². The Kier molecular flexibility index (Phi) is 3.87. The zero-order valence-corrected chi connectivity index (χ0v) is 11.4. The van der Waals surface area contributed by atoms with E-state index in [-0.39, 0.29) is 16.9 Å². The van der Waals surface area contributed by atoms with Gasteiger partial charge in [-0.3, -0.25) is 0 Å². The van der Waals surface area contributed by atoms with Crippen LogP contribution in [0.2, 0.25) is 0 Å². The van der Waals surface area contributed by atoms with E-state index in [1.54, 1.807) is 12.1 Å². The molecule has 0 radical (unpaired) electrons. The first kappa shape index (κ1) is 12.6. The average Bonchev–Trinajstić information content (AvgIpc) is 2.07. The summed E-state index contributed by atoms with van der Waals surface area (Å²) in [5, 5.41) is 18.7. The molecule has 0 bridgehead atoms. The summed E-state index contributed by atoms with van der Waals surface area (Å²) in [6, 6.07) is 5.06. The van der Waals surface area contributed by atoms with Crippen molar-refractivity contribution in [1.29, 1.82) is 0 Å². The molecule has 15 heavy (non-hydrogen) atoms. The number of hydrogen-bond donors (Lipinski definition) is 2. The molecule has 1 aromatic rings. The summed E-state index contributed by atoms with van der Waals surface area (Å²) in [4.78, 5) is 0. The molecule has 0 amide bonds. The Hall–Kier alpha value is -0.450. The van der Waals surface area contributed by atoms with Crippen LogP contribution < -0.4 is 0 Å². The van der Waals surface area contributed by atoms with Crippen LogP contribution in [0.25, 0.3) is 0 Å². The first-order chi connectivity index (χ1) is 6.83. The fraction of sp³-hybridized carbons (Fsp3) is 0.500. The number of benzene rings is 1. The Bertz CT molecular complexity index is 345. The van der Waals surface area contributed by atoms with Crippen LogP contribution >= 0.6 is 22.6 Å². The second kappa shape index (κ2) is 4.60. The lowest BCUT2D eigenvalue weighted by Gasteiger charge is -2.27. The van der Waals surface area contributed by atoms with Crippen LogP contribution in [0, 0.1) is 0 Å². The van der Waals surface area contributed by atoms with Crippen LogP contribution in [0.4, 0.5) is 0 Å². The fourth-order valence-corrected chi connectivity index (χ4v) is 2.87. The van der Waals surface area contributed by atoms with Gasteiger partial charge in [0.1, 0.15) is 0 Å². The van der Waals surface area contributed by atoms with Crippen molar-refractivity contribution in [3.63, 3.8) is 0 Å². The molecule has 1 rings (SSSR count). The van der Waals surface area contributed by atoms with Gasteiger partial charge in [0.2, 0.25) is 0 Å². The predicted molar refractivity (Wildman–Crippen MR) is 70.9 cm³/mol. The minimum atomic E-state index is -0.0583. The van der Waals surface area contributed by atoms with Crippen LogP contribution in [0.15, 0.2) is 18.2 Å². The van der Waals surface area contributed by atoms with Crippen LogP contribution in [-0.4, -0.2) is 14.1 Å². The third-order valence-corrected chi connectivity index (χ3v) is 2.99. The molecule has 0 aliphatic rings. The SMILES string of the molecule is CC(I)CC(C)(C)c1ccc(O)c(O)c1. The maximum Gasteiger partial charge on any atom is 0.157 e. The van der Waals surface area contributed by atoms with Gasteiger partial charge in [0.15, 0.2) is 11.5 Å². The highest BCUT2D eigenvalue weighted by atomic mass is 127. The molecule has 0 fully saturated rings. The number of hydrogen-bond acceptors (Lipinski definition) is 2. The number of alkyl halides is 1. The van der Waals surface area contributed by atoms with Gasteiger partial charge in [0.05, 0.1) is 0 Å². The molecule has 1 aromatic carbocycles. The molecule has 0 aromatic heterocycles. The summed E-state index contributed by atoms with van der Waals surface area (Å²) < 4.78 is 0.577. The number of phenols is 2. The van der Waals surface area contributed by atoms with Crippen molar-refractivity contribution in [1.82, 2.24) is 0 Å². The molecule has 0 aliphatic heterocycles. The monoisotopic (exact) mass is 320 g/mol. The fourth-order valence-electron chi connectivity index (χ4n) is 1.77. The summed E-state index contributed by atoms with van der Waals surface area (Å²) in [6.45, 7) is 6.46. The molecule has 3 heteroatoms. The second-order valence-corrected chi connectivity index (χ2v) is 6.70. The summed E-state index contributed by atoms with van der Waals surface area (Å²) >= 11 is 2.40. The van der Waals surface area contributed by atoms with E-state index in [2.05, 4.69) is 43.4 Å². The Morgan fingerprint density at radius 1 is 1.27 bits per heavy atom. The number of rotatable bonds is 3. The predicted octanol–water partition coefficient (Wildman–Crippen LogP) is 3.59. The van der Waals surface area contributed by atoms with E-state index in [0.29, 0.717) is 3.92 Å². The van der Waals surface area contributed by atoms with Crippen molar-refractivity contribution >= 4 is 22.6 Å². The van der Waals surface area contributed by atoms with Crippen LogP contribution in [0.3, 0.4) is 0 Å². The van der Waals surface area contributed by atoms with Gasteiger partial charge in [0, 0.05) is 3.92 Å². The van der Waals surface area contributed by atoms with Gasteiger partial charge in [-0.25, -0.2) is 0 Å². The molecule has 2 nitrogen and oxygen atoms in total. The van der Waals surface area contributed by atoms with Crippen LogP contribution in [-0.2, 0) is 5.41 Å². The van der Waals surface area contributed by atoms with E-state index in [1.165, 1.54) is 0 Å². The topological polar surface area (TPSA) is 40.5 Å². The van der Waals surface area contributed by atoms with E-state index in [1.807, 2.05) is 6.07 Å². The molecule has 84 valence electrons. The summed E-state index contributed by atoms with van der Waals surface area (Å²) in [5.41, 5.74) is 1.08. The molecule has 2 N–H and O–H groups in total. The Balaban J connectivity index is 2.99. The molecule has 0 saturated heterocycles. The number of aromatic hydroxyl groups is 2. The van der Waals surface area contributed by atoms with E-state index in [4.69, 9.17) is 0 Å². The van der Waals surface area contributed by atoms with Crippen molar-refractivity contribution < 1.29 is 10.2 Å². The third-order valence-electron chi connectivity index (χ3n) is 2.55. The summed E-state index contributed by atoms with van der Waals surface area (Å²) in [6.07, 6.45) is 1.04. The molecular formula is C12H17IO2. The smallest absolute Gasteiger partial charge is 0.157 e. The zero-order valence-electron chi connectivity index (χ0n) is 9.29. The normalized spacial score (nSPS) is 13.9. The van der Waals surface area contributed by atoms with Gasteiger partial charge in [0.25, 0.3) is 0 Å². The van der Waals surface area contributed by atoms with Gasteiger partial charge in [-0.15, -0.1) is 0 Å². The molecular weight excluding hydrogens is 303 g/mol. The highest BCUT2D eigenvalue weighted by molar-refractivity contribution is 14.1. The number of phenolic OH excluding ortho intramolecular Hbond substituents is 2. The van der Waals surface area contributed by atoms with Gasteiger partial charge < -0.3 is 10.2 Å². The number of halogens is 1. The second-order valence-electron chi connectivity index (χ2n) is 4.57. The van der Waals surface area contributed by atoms with Gasteiger partial charge in [-0.05, 0) is 29.5 Å². The minimum Gasteiger partial charge on any atom is -0.504 e. The molecule has 1 unspecified atom stereocenters. The lowest BCUT2D eigenvalue weighted by atomic mass is 9.80. The Labute approximate surface area is 104 Å². The first-order valence-electron chi connectivity index (χ1n) is 4.99. The molecule has 1 atom stereocenters. The molecule has 0 spiro atoms. The molecule has 0 heterocycles. The zero-order chi connectivity index (χ0) is 11.6. The minimum absolute atomic E-state index is 0.0196. The van der Waals surface area contributed by atoms with E-state index in [9.17, 15) is 10.2 Å². The van der Waals surface area contributed by atoms with Crippen molar-refractivity contribution in [2.45, 2.75) is 36.5 Å². The van der Waals surface area contributed by atoms with Crippen molar-refractivity contribution in [2.75, 3.05) is 0 Å². The molecule has 0 aliphatic carbocycles. The van der Waals surface area contributed by atoms with Crippen molar-refractivity contribution in [2.24, 2.45) is 0 Å². The van der Waals surface area contributed by atoms with Crippen LogP contribution in [0.1, 0.15) is 32.8 Å². The van der Waals surface area contributed by atoms with Crippen molar-refractivity contribution in [3.8, 4) is 11.5 Å². The van der Waals surface area contributed by atoms with Gasteiger partial charge >= 0.3 is 0 Å².